The van der Waals surface area contributed by atoms with Gasteiger partial charge in [-0.1, -0.05) is 312 Å². The summed E-state index contributed by atoms with van der Waals surface area (Å²) in [6.45, 7) is 6.52. The van der Waals surface area contributed by atoms with Crippen molar-refractivity contribution in [2.75, 3.05) is 13.2 Å². The molecule has 81 heavy (non-hydrogen) atoms. The van der Waals surface area contributed by atoms with Crippen LogP contribution in [0.1, 0.15) is 367 Å². The minimum Gasteiger partial charge on any atom is -0.462 e. The monoisotopic (exact) mass is 1130 g/mol. The summed E-state index contributed by atoms with van der Waals surface area (Å²) in [7, 11) is 0. The van der Waals surface area contributed by atoms with Gasteiger partial charge in [-0.2, -0.15) is 0 Å². The van der Waals surface area contributed by atoms with Crippen molar-refractivity contribution in [3.8, 4) is 0 Å². The van der Waals surface area contributed by atoms with Crippen LogP contribution in [0.2, 0.25) is 0 Å². The van der Waals surface area contributed by atoms with Gasteiger partial charge in [0.15, 0.2) is 6.10 Å². The molecule has 0 N–H and O–H groups in total. The molecular weight excluding hydrogens is 997 g/mol. The minimum absolute atomic E-state index is 0.0842. The predicted molar refractivity (Wildman–Crippen MR) is 353 cm³/mol. The third-order valence-electron chi connectivity index (χ3n) is 15.7. The van der Waals surface area contributed by atoms with Crippen LogP contribution < -0.4 is 0 Å². The van der Waals surface area contributed by atoms with Crippen molar-refractivity contribution < 1.29 is 28.6 Å². The Kier molecular flexibility index (Phi) is 66.6. The van der Waals surface area contributed by atoms with Crippen LogP contribution >= 0.6 is 0 Å². The third-order valence-corrected chi connectivity index (χ3v) is 15.7. The van der Waals surface area contributed by atoms with Crippen molar-refractivity contribution >= 4 is 17.9 Å². The molecule has 6 nitrogen and oxygen atoms in total. The lowest BCUT2D eigenvalue weighted by Crippen LogP contribution is -2.30. The highest BCUT2D eigenvalue weighted by Gasteiger charge is 2.19. The number of ether oxygens (including phenoxy) is 3. The van der Waals surface area contributed by atoms with Crippen LogP contribution in [0.15, 0.2) is 72.9 Å². The van der Waals surface area contributed by atoms with Gasteiger partial charge in [0.2, 0.25) is 0 Å². The standard InChI is InChI=1S/C75H134O6/c1-4-7-10-13-16-19-22-25-28-29-30-31-32-33-34-35-36-37-38-39-40-41-42-43-44-45-48-50-53-56-59-62-65-68-74(77)80-71-72(81-75(78)69-66-63-60-57-54-51-47-27-24-21-18-15-12-9-6-3)70-79-73(76)67-64-61-58-55-52-49-46-26-23-20-17-14-11-8-5-2/h9,12,17-18,20-21,26-27,29-30,46-47,72H,4-8,10-11,13-16,19,22-25,28,31-45,48-71H2,1-3H3/b12-9-,20-17-,21-18-,30-29-,46-26-,47-27-. The fourth-order valence-electron chi connectivity index (χ4n) is 10.4. The van der Waals surface area contributed by atoms with E-state index in [1.165, 1.54) is 212 Å². The quantitative estimate of drug-likeness (QED) is 0.0261. The third kappa shape index (κ3) is 67.5. The summed E-state index contributed by atoms with van der Waals surface area (Å²) in [6, 6.07) is 0. The number of hydrogen-bond donors (Lipinski definition) is 0. The molecule has 0 fully saturated rings. The average Bonchev–Trinajstić information content (AvgIpc) is 3.47. The molecular formula is C75H134O6. The number of hydrogen-bond acceptors (Lipinski definition) is 6. The van der Waals surface area contributed by atoms with E-state index in [4.69, 9.17) is 14.2 Å². The number of allylic oxidation sites excluding steroid dienone is 12. The first kappa shape index (κ1) is 77.9. The van der Waals surface area contributed by atoms with Crippen LogP contribution in [0.5, 0.6) is 0 Å². The van der Waals surface area contributed by atoms with Gasteiger partial charge in [-0.05, 0) is 109 Å². The van der Waals surface area contributed by atoms with E-state index in [0.29, 0.717) is 19.3 Å². The lowest BCUT2D eigenvalue weighted by atomic mass is 10.0. The summed E-state index contributed by atoms with van der Waals surface area (Å²) in [6.07, 6.45) is 90.9. The second kappa shape index (κ2) is 69.3. The Labute approximate surface area is 503 Å². The summed E-state index contributed by atoms with van der Waals surface area (Å²) in [5, 5.41) is 0. The molecule has 1 atom stereocenters. The molecule has 0 radical (unpaired) electrons. The molecule has 1 unspecified atom stereocenters. The maximum Gasteiger partial charge on any atom is 0.306 e. The first-order chi connectivity index (χ1) is 40.0. The largest absolute Gasteiger partial charge is 0.462 e. The van der Waals surface area contributed by atoms with Crippen molar-refractivity contribution in [1.29, 1.82) is 0 Å². The van der Waals surface area contributed by atoms with E-state index in [2.05, 4.69) is 93.7 Å². The van der Waals surface area contributed by atoms with Gasteiger partial charge in [-0.3, -0.25) is 14.4 Å². The fraction of sp³-hybridized carbons (Fsp3) is 0.800. The molecule has 0 rings (SSSR count). The highest BCUT2D eigenvalue weighted by Crippen LogP contribution is 2.18. The molecule has 0 aliphatic rings. The summed E-state index contributed by atoms with van der Waals surface area (Å²) < 4.78 is 16.9. The lowest BCUT2D eigenvalue weighted by molar-refractivity contribution is -0.167. The molecule has 0 amide bonds. The lowest BCUT2D eigenvalue weighted by Gasteiger charge is -2.18. The van der Waals surface area contributed by atoms with Gasteiger partial charge in [0, 0.05) is 19.3 Å². The molecule has 470 valence electrons. The van der Waals surface area contributed by atoms with Crippen molar-refractivity contribution in [3.05, 3.63) is 72.9 Å². The van der Waals surface area contributed by atoms with Crippen molar-refractivity contribution in [2.45, 2.75) is 374 Å². The Hall–Kier alpha value is -3.15. The molecule has 0 saturated carbocycles. The average molecular weight is 1130 g/mol. The Morgan fingerprint density at radius 1 is 0.259 bits per heavy atom. The van der Waals surface area contributed by atoms with E-state index < -0.39 is 6.10 Å². The van der Waals surface area contributed by atoms with Crippen molar-refractivity contribution in [1.82, 2.24) is 0 Å². The van der Waals surface area contributed by atoms with E-state index in [-0.39, 0.29) is 31.1 Å². The van der Waals surface area contributed by atoms with Crippen molar-refractivity contribution in [3.63, 3.8) is 0 Å². The molecule has 0 aromatic heterocycles. The maximum atomic E-state index is 12.9. The maximum absolute atomic E-state index is 12.9. The highest BCUT2D eigenvalue weighted by atomic mass is 16.6. The first-order valence-electron chi connectivity index (χ1n) is 35.4. The Morgan fingerprint density at radius 2 is 0.481 bits per heavy atom. The zero-order valence-electron chi connectivity index (χ0n) is 54.1. The predicted octanol–water partition coefficient (Wildman–Crippen LogP) is 24.4. The summed E-state index contributed by atoms with van der Waals surface area (Å²) >= 11 is 0. The van der Waals surface area contributed by atoms with Gasteiger partial charge < -0.3 is 14.2 Å². The van der Waals surface area contributed by atoms with Crippen molar-refractivity contribution in [2.24, 2.45) is 0 Å². The molecule has 0 aromatic carbocycles. The second-order valence-electron chi connectivity index (χ2n) is 23.8. The van der Waals surface area contributed by atoms with Gasteiger partial charge >= 0.3 is 17.9 Å². The Morgan fingerprint density at radius 3 is 0.790 bits per heavy atom. The van der Waals surface area contributed by atoms with Gasteiger partial charge in [-0.25, -0.2) is 0 Å². The molecule has 0 spiro atoms. The van der Waals surface area contributed by atoms with Gasteiger partial charge in [-0.15, -0.1) is 0 Å². The smallest absolute Gasteiger partial charge is 0.306 e. The van der Waals surface area contributed by atoms with E-state index >= 15 is 0 Å². The zero-order chi connectivity index (χ0) is 58.5. The molecule has 0 heterocycles. The summed E-state index contributed by atoms with van der Waals surface area (Å²) in [5.41, 5.74) is 0. The van der Waals surface area contributed by atoms with Gasteiger partial charge in [0.05, 0.1) is 0 Å². The van der Waals surface area contributed by atoms with E-state index in [9.17, 15) is 14.4 Å². The van der Waals surface area contributed by atoms with E-state index in [1.807, 2.05) is 0 Å². The summed E-state index contributed by atoms with van der Waals surface area (Å²) in [5.74, 6) is -0.898. The molecule has 0 aliphatic carbocycles. The molecule has 0 aliphatic heterocycles. The molecule has 6 heteroatoms. The number of carbonyl (C=O) groups excluding carboxylic acids is 3. The minimum atomic E-state index is -0.791. The number of unbranched alkanes of at least 4 members (excludes halogenated alkanes) is 42. The first-order valence-corrected chi connectivity index (χ1v) is 35.4. The Balaban J connectivity index is 4.14. The number of carbonyl (C=O) groups is 3. The molecule has 0 bridgehead atoms. The van der Waals surface area contributed by atoms with Crippen LogP contribution in [0.3, 0.4) is 0 Å². The normalized spacial score (nSPS) is 12.5. The highest BCUT2D eigenvalue weighted by molar-refractivity contribution is 5.71. The number of rotatable bonds is 65. The second-order valence-corrected chi connectivity index (χ2v) is 23.8. The fourth-order valence-corrected chi connectivity index (χ4v) is 10.4. The Bertz CT molecular complexity index is 1490. The van der Waals surface area contributed by atoms with Crippen LogP contribution in [0.25, 0.3) is 0 Å². The van der Waals surface area contributed by atoms with E-state index in [1.54, 1.807) is 0 Å². The summed E-state index contributed by atoms with van der Waals surface area (Å²) in [4.78, 5) is 38.3. The van der Waals surface area contributed by atoms with Crippen LogP contribution in [0, 0.1) is 0 Å². The zero-order valence-corrected chi connectivity index (χ0v) is 54.1. The van der Waals surface area contributed by atoms with Crippen LogP contribution in [-0.4, -0.2) is 37.2 Å². The molecule has 0 saturated heterocycles. The van der Waals surface area contributed by atoms with Crippen LogP contribution in [0.4, 0.5) is 0 Å². The van der Waals surface area contributed by atoms with Gasteiger partial charge in [0.1, 0.15) is 13.2 Å². The van der Waals surface area contributed by atoms with E-state index in [0.717, 1.165) is 116 Å². The number of esters is 3. The van der Waals surface area contributed by atoms with Crippen LogP contribution in [-0.2, 0) is 28.6 Å². The van der Waals surface area contributed by atoms with Gasteiger partial charge in [0.25, 0.3) is 0 Å². The molecule has 0 aromatic rings. The topological polar surface area (TPSA) is 78.9 Å². The SMILES string of the molecule is CC/C=C\C/C=C\C/C=C\CCCCCCCC(=O)OC(COC(=O)CCCCCCC/C=C\C/C=C\CCCCC)COC(=O)CCCCCCCCCCCCCCCCCCCCCCC/C=C\CCCCCCCCCC.